The molecule has 1 amide bonds. The minimum absolute atomic E-state index is 0.166. The topological polar surface area (TPSA) is 50.8 Å². The molecule has 0 aromatic heterocycles. The molecule has 0 atom stereocenters. The highest BCUT2D eigenvalue weighted by atomic mass is 16.5. The van der Waals surface area contributed by atoms with Crippen LogP contribution in [-0.2, 0) is 13.1 Å². The molecule has 0 bridgehead atoms. The summed E-state index contributed by atoms with van der Waals surface area (Å²) in [5.41, 5.74) is 2.91. The van der Waals surface area contributed by atoms with Crippen LogP contribution in [0.3, 0.4) is 0 Å². The van der Waals surface area contributed by atoms with Gasteiger partial charge in [-0.3, -0.25) is 9.69 Å². The van der Waals surface area contributed by atoms with Crippen molar-refractivity contribution in [3.63, 3.8) is 0 Å². The number of amides is 1. The molecule has 5 nitrogen and oxygen atoms in total. The van der Waals surface area contributed by atoms with Crippen molar-refractivity contribution in [2.24, 2.45) is 0 Å². The normalized spacial score (nSPS) is 14.9. The maximum absolute atomic E-state index is 12.8. The molecule has 1 N–H and O–H groups in total. The van der Waals surface area contributed by atoms with Crippen LogP contribution in [0.15, 0.2) is 42.5 Å². The van der Waals surface area contributed by atoms with Gasteiger partial charge in [0.25, 0.3) is 5.91 Å². The third-order valence-corrected chi connectivity index (χ3v) is 5.30. The van der Waals surface area contributed by atoms with Gasteiger partial charge in [-0.1, -0.05) is 43.2 Å². The molecule has 2 aromatic carbocycles. The zero-order valence-electron chi connectivity index (χ0n) is 16.9. The van der Waals surface area contributed by atoms with Crippen LogP contribution < -0.4 is 14.8 Å². The lowest BCUT2D eigenvalue weighted by Crippen LogP contribution is -2.27. The fourth-order valence-corrected chi connectivity index (χ4v) is 3.76. The Hall–Kier alpha value is -2.53. The summed E-state index contributed by atoms with van der Waals surface area (Å²) in [7, 11) is 3.11. The lowest BCUT2D eigenvalue weighted by atomic mass is 10.1. The number of carbonyl (C=O) groups is 1. The van der Waals surface area contributed by atoms with E-state index in [-0.39, 0.29) is 5.91 Å². The standard InChI is InChI=1S/C23H30N2O3/c1-27-21-13-9-12-20(22(21)28-2)23(26)24-16-18-10-5-6-11-19(18)17-25-14-7-3-4-8-15-25/h5-6,9-13H,3-4,7-8,14-17H2,1-2H3,(H,24,26). The summed E-state index contributed by atoms with van der Waals surface area (Å²) in [6.45, 7) is 3.74. The predicted octanol–water partition coefficient (Wildman–Crippen LogP) is 4.01. The maximum Gasteiger partial charge on any atom is 0.255 e. The summed E-state index contributed by atoms with van der Waals surface area (Å²) in [6, 6.07) is 13.7. The third kappa shape index (κ3) is 5.04. The molecule has 1 aliphatic heterocycles. The van der Waals surface area contributed by atoms with Gasteiger partial charge in [0.2, 0.25) is 0 Å². The van der Waals surface area contributed by atoms with Crippen molar-refractivity contribution in [3.8, 4) is 11.5 Å². The van der Waals surface area contributed by atoms with Gasteiger partial charge in [-0.2, -0.15) is 0 Å². The van der Waals surface area contributed by atoms with Crippen LogP contribution in [0.5, 0.6) is 11.5 Å². The van der Waals surface area contributed by atoms with Crippen LogP contribution in [0.2, 0.25) is 0 Å². The first-order chi connectivity index (χ1) is 13.7. The summed E-state index contributed by atoms with van der Waals surface area (Å²) >= 11 is 0. The SMILES string of the molecule is COc1cccc(C(=O)NCc2ccccc2CN2CCCCCC2)c1OC. The van der Waals surface area contributed by atoms with Gasteiger partial charge < -0.3 is 14.8 Å². The average Bonchev–Trinajstić information content (AvgIpc) is 3.00. The maximum atomic E-state index is 12.8. The van der Waals surface area contributed by atoms with E-state index in [1.165, 1.54) is 31.2 Å². The van der Waals surface area contributed by atoms with Crippen molar-refractivity contribution in [3.05, 3.63) is 59.2 Å². The van der Waals surface area contributed by atoms with Crippen LogP contribution in [0.25, 0.3) is 0 Å². The van der Waals surface area contributed by atoms with Crippen LogP contribution >= 0.6 is 0 Å². The number of methoxy groups -OCH3 is 2. The van der Waals surface area contributed by atoms with Crippen molar-refractivity contribution < 1.29 is 14.3 Å². The number of ether oxygens (including phenoxy) is 2. The molecule has 1 fully saturated rings. The largest absolute Gasteiger partial charge is 0.493 e. The van der Waals surface area contributed by atoms with Crippen molar-refractivity contribution in [1.29, 1.82) is 0 Å². The smallest absolute Gasteiger partial charge is 0.255 e. The summed E-state index contributed by atoms with van der Waals surface area (Å²) in [5, 5.41) is 3.04. The van der Waals surface area contributed by atoms with Crippen molar-refractivity contribution >= 4 is 5.91 Å². The van der Waals surface area contributed by atoms with Crippen LogP contribution in [0, 0.1) is 0 Å². The van der Waals surface area contributed by atoms with Crippen molar-refractivity contribution in [2.45, 2.75) is 38.8 Å². The quantitative estimate of drug-likeness (QED) is 0.786. The Labute approximate surface area is 167 Å². The highest BCUT2D eigenvalue weighted by Gasteiger charge is 2.17. The Morgan fingerprint density at radius 2 is 1.64 bits per heavy atom. The number of likely N-dealkylation sites (tertiary alicyclic amines) is 1. The minimum Gasteiger partial charge on any atom is -0.493 e. The second-order valence-corrected chi connectivity index (χ2v) is 7.18. The molecule has 5 heteroatoms. The second kappa shape index (κ2) is 10.1. The lowest BCUT2D eigenvalue weighted by Gasteiger charge is -2.21. The molecule has 150 valence electrons. The number of rotatable bonds is 7. The number of para-hydroxylation sites is 1. The minimum atomic E-state index is -0.166. The Morgan fingerprint density at radius 1 is 0.929 bits per heavy atom. The van der Waals surface area contributed by atoms with Gasteiger partial charge in [0.05, 0.1) is 19.8 Å². The number of carbonyl (C=O) groups excluding carboxylic acids is 1. The van der Waals surface area contributed by atoms with Crippen LogP contribution in [-0.4, -0.2) is 38.1 Å². The van der Waals surface area contributed by atoms with Gasteiger partial charge in [0.1, 0.15) is 0 Å². The molecule has 3 rings (SSSR count). The molecule has 2 aromatic rings. The van der Waals surface area contributed by atoms with Gasteiger partial charge in [0.15, 0.2) is 11.5 Å². The molecular weight excluding hydrogens is 352 g/mol. The molecule has 0 saturated carbocycles. The fourth-order valence-electron chi connectivity index (χ4n) is 3.76. The zero-order chi connectivity index (χ0) is 19.8. The molecule has 0 spiro atoms. The summed E-state index contributed by atoms with van der Waals surface area (Å²) in [4.78, 5) is 15.3. The summed E-state index contributed by atoms with van der Waals surface area (Å²) in [5.74, 6) is 0.845. The van der Waals surface area contributed by atoms with E-state index in [4.69, 9.17) is 9.47 Å². The lowest BCUT2D eigenvalue weighted by molar-refractivity contribution is 0.0947. The third-order valence-electron chi connectivity index (χ3n) is 5.30. The first kappa shape index (κ1) is 20.2. The van der Waals surface area contributed by atoms with Gasteiger partial charge in [-0.05, 0) is 49.2 Å². The Balaban J connectivity index is 1.69. The molecule has 1 saturated heterocycles. The molecule has 0 radical (unpaired) electrons. The van der Waals surface area contributed by atoms with Crippen LogP contribution in [0.4, 0.5) is 0 Å². The predicted molar refractivity (Wildman–Crippen MR) is 111 cm³/mol. The first-order valence-corrected chi connectivity index (χ1v) is 10.0. The van der Waals surface area contributed by atoms with Gasteiger partial charge in [0, 0.05) is 13.1 Å². The van der Waals surface area contributed by atoms with E-state index in [2.05, 4.69) is 28.4 Å². The highest BCUT2D eigenvalue weighted by Crippen LogP contribution is 2.30. The van der Waals surface area contributed by atoms with Gasteiger partial charge >= 0.3 is 0 Å². The van der Waals surface area contributed by atoms with Crippen LogP contribution in [0.1, 0.15) is 47.2 Å². The Kier molecular flexibility index (Phi) is 7.31. The highest BCUT2D eigenvalue weighted by molar-refractivity contribution is 5.97. The number of hydrogen-bond acceptors (Lipinski definition) is 4. The first-order valence-electron chi connectivity index (χ1n) is 10.0. The van der Waals surface area contributed by atoms with E-state index in [0.29, 0.717) is 23.6 Å². The monoisotopic (exact) mass is 382 g/mol. The zero-order valence-corrected chi connectivity index (χ0v) is 16.9. The van der Waals surface area contributed by atoms with E-state index in [1.807, 2.05) is 6.07 Å². The van der Waals surface area contributed by atoms with E-state index in [9.17, 15) is 4.79 Å². The van der Waals surface area contributed by atoms with Gasteiger partial charge in [-0.25, -0.2) is 0 Å². The van der Waals surface area contributed by atoms with E-state index in [0.717, 1.165) is 25.2 Å². The van der Waals surface area contributed by atoms with E-state index in [1.54, 1.807) is 32.4 Å². The number of hydrogen-bond donors (Lipinski definition) is 1. The molecule has 0 unspecified atom stereocenters. The summed E-state index contributed by atoms with van der Waals surface area (Å²) < 4.78 is 10.7. The van der Waals surface area contributed by atoms with E-state index < -0.39 is 0 Å². The van der Waals surface area contributed by atoms with Crippen molar-refractivity contribution in [2.75, 3.05) is 27.3 Å². The van der Waals surface area contributed by atoms with E-state index >= 15 is 0 Å². The molecular formula is C23H30N2O3. The Morgan fingerprint density at radius 3 is 2.32 bits per heavy atom. The summed E-state index contributed by atoms with van der Waals surface area (Å²) in [6.07, 6.45) is 5.20. The fraction of sp³-hybridized carbons (Fsp3) is 0.435. The molecule has 28 heavy (non-hydrogen) atoms. The average molecular weight is 383 g/mol. The molecule has 1 heterocycles. The number of nitrogens with zero attached hydrogens (tertiary/aromatic N) is 1. The Bertz CT molecular complexity index is 783. The molecule has 1 aliphatic rings. The number of nitrogens with one attached hydrogen (secondary N) is 1. The second-order valence-electron chi connectivity index (χ2n) is 7.18. The van der Waals surface area contributed by atoms with Crippen molar-refractivity contribution in [1.82, 2.24) is 10.2 Å². The molecule has 0 aliphatic carbocycles. The van der Waals surface area contributed by atoms with Gasteiger partial charge in [-0.15, -0.1) is 0 Å². The number of benzene rings is 2.